The lowest BCUT2D eigenvalue weighted by Crippen LogP contribution is -2.29. The summed E-state index contributed by atoms with van der Waals surface area (Å²) in [6.45, 7) is 1.78. The Labute approximate surface area is 89.2 Å². The zero-order chi connectivity index (χ0) is 11.1. The normalized spacial score (nSPS) is 10.9. The molecule has 0 aromatic carbocycles. The summed E-state index contributed by atoms with van der Waals surface area (Å²) in [6.07, 6.45) is 1.65. The van der Waals surface area contributed by atoms with Crippen LogP contribution in [0.5, 0.6) is 0 Å². The zero-order valence-corrected chi connectivity index (χ0v) is 8.63. The third-order valence-corrected chi connectivity index (χ3v) is 2.06. The summed E-state index contributed by atoms with van der Waals surface area (Å²) in [5.74, 6) is 0. The van der Waals surface area contributed by atoms with E-state index in [1.165, 1.54) is 0 Å². The molecule has 15 heavy (non-hydrogen) atoms. The summed E-state index contributed by atoms with van der Waals surface area (Å²) in [4.78, 5) is 6.08. The van der Waals surface area contributed by atoms with Crippen LogP contribution in [-0.2, 0) is 6.54 Å². The standard InChI is InChI=1S/C10H17N3O2/c11-9-1-2-12-10(7-9)8-13(3-5-14)4-6-15/h1-2,7,14-15H,3-6,8H2,(H2,11,12). The molecule has 4 N–H and O–H groups in total. The second-order valence-electron chi connectivity index (χ2n) is 3.30. The third kappa shape index (κ3) is 4.24. The molecule has 0 amide bonds. The van der Waals surface area contributed by atoms with Crippen LogP contribution in [-0.4, -0.2) is 46.4 Å². The summed E-state index contributed by atoms with van der Waals surface area (Å²) >= 11 is 0. The molecule has 1 rings (SSSR count). The fourth-order valence-corrected chi connectivity index (χ4v) is 1.37. The van der Waals surface area contributed by atoms with Crippen LogP contribution < -0.4 is 5.73 Å². The Kier molecular flexibility index (Phi) is 5.03. The first kappa shape index (κ1) is 11.9. The van der Waals surface area contributed by atoms with E-state index < -0.39 is 0 Å². The first-order valence-corrected chi connectivity index (χ1v) is 4.90. The minimum absolute atomic E-state index is 0.0717. The summed E-state index contributed by atoms with van der Waals surface area (Å²) in [7, 11) is 0. The van der Waals surface area contributed by atoms with Crippen molar-refractivity contribution in [3.8, 4) is 0 Å². The molecular weight excluding hydrogens is 194 g/mol. The second-order valence-corrected chi connectivity index (χ2v) is 3.30. The van der Waals surface area contributed by atoms with Gasteiger partial charge >= 0.3 is 0 Å². The smallest absolute Gasteiger partial charge is 0.0564 e. The number of hydrogen-bond acceptors (Lipinski definition) is 5. The van der Waals surface area contributed by atoms with Gasteiger partial charge < -0.3 is 15.9 Å². The minimum Gasteiger partial charge on any atom is -0.399 e. The van der Waals surface area contributed by atoms with Crippen LogP contribution in [0.2, 0.25) is 0 Å². The third-order valence-electron chi connectivity index (χ3n) is 2.06. The van der Waals surface area contributed by atoms with Crippen molar-refractivity contribution in [3.63, 3.8) is 0 Å². The van der Waals surface area contributed by atoms with Crippen molar-refractivity contribution in [2.75, 3.05) is 32.0 Å². The highest BCUT2D eigenvalue weighted by atomic mass is 16.3. The molecule has 0 aliphatic carbocycles. The van der Waals surface area contributed by atoms with E-state index in [4.69, 9.17) is 15.9 Å². The van der Waals surface area contributed by atoms with Crippen LogP contribution in [0.1, 0.15) is 5.69 Å². The highest BCUT2D eigenvalue weighted by Crippen LogP contribution is 2.05. The zero-order valence-electron chi connectivity index (χ0n) is 8.63. The minimum atomic E-state index is 0.0717. The average Bonchev–Trinajstić information content (AvgIpc) is 2.18. The Morgan fingerprint density at radius 2 is 1.93 bits per heavy atom. The van der Waals surface area contributed by atoms with Crippen LogP contribution in [0.3, 0.4) is 0 Å². The lowest BCUT2D eigenvalue weighted by molar-refractivity contribution is 0.155. The molecule has 0 aliphatic heterocycles. The van der Waals surface area contributed by atoms with Gasteiger partial charge in [-0.1, -0.05) is 0 Å². The summed E-state index contributed by atoms with van der Waals surface area (Å²) in [6, 6.07) is 3.52. The van der Waals surface area contributed by atoms with Gasteiger partial charge in [0.05, 0.1) is 18.9 Å². The molecule has 0 bridgehead atoms. The Hall–Kier alpha value is -1.17. The van der Waals surface area contributed by atoms with E-state index in [1.807, 2.05) is 4.90 Å². The SMILES string of the molecule is Nc1ccnc(CN(CCO)CCO)c1. The van der Waals surface area contributed by atoms with E-state index in [1.54, 1.807) is 18.3 Å². The molecule has 5 nitrogen and oxygen atoms in total. The molecule has 5 heteroatoms. The van der Waals surface area contributed by atoms with Crippen molar-refractivity contribution in [2.45, 2.75) is 6.54 Å². The number of hydrogen-bond donors (Lipinski definition) is 3. The molecule has 1 aromatic rings. The quantitative estimate of drug-likeness (QED) is 0.588. The lowest BCUT2D eigenvalue weighted by atomic mass is 10.3. The van der Waals surface area contributed by atoms with E-state index in [-0.39, 0.29) is 13.2 Å². The number of aromatic nitrogens is 1. The first-order valence-electron chi connectivity index (χ1n) is 4.90. The maximum absolute atomic E-state index is 8.83. The van der Waals surface area contributed by atoms with Gasteiger partial charge in [-0.2, -0.15) is 0 Å². The molecule has 0 fully saturated rings. The first-order chi connectivity index (χ1) is 7.26. The second kappa shape index (κ2) is 6.34. The van der Waals surface area contributed by atoms with E-state index in [2.05, 4.69) is 4.98 Å². The van der Waals surface area contributed by atoms with Gasteiger partial charge in [0.25, 0.3) is 0 Å². The molecule has 0 radical (unpaired) electrons. The van der Waals surface area contributed by atoms with Gasteiger partial charge in [-0.3, -0.25) is 9.88 Å². The van der Waals surface area contributed by atoms with Gasteiger partial charge in [0.2, 0.25) is 0 Å². The van der Waals surface area contributed by atoms with Crippen LogP contribution in [0.25, 0.3) is 0 Å². The Morgan fingerprint density at radius 1 is 1.27 bits per heavy atom. The number of aliphatic hydroxyl groups is 2. The van der Waals surface area contributed by atoms with Gasteiger partial charge in [-0.25, -0.2) is 0 Å². The molecule has 0 saturated heterocycles. The van der Waals surface area contributed by atoms with Crippen LogP contribution in [0.15, 0.2) is 18.3 Å². The Bertz CT molecular complexity index is 288. The highest BCUT2D eigenvalue weighted by molar-refractivity contribution is 5.37. The van der Waals surface area contributed by atoms with Gasteiger partial charge in [-0.05, 0) is 12.1 Å². The number of anilines is 1. The molecule has 0 saturated carbocycles. The van der Waals surface area contributed by atoms with E-state index >= 15 is 0 Å². The molecule has 1 aromatic heterocycles. The summed E-state index contributed by atoms with van der Waals surface area (Å²) in [5.41, 5.74) is 7.14. The highest BCUT2D eigenvalue weighted by Gasteiger charge is 2.05. The van der Waals surface area contributed by atoms with Crippen molar-refractivity contribution in [3.05, 3.63) is 24.0 Å². The number of nitrogens with two attached hydrogens (primary N) is 1. The van der Waals surface area contributed by atoms with Crippen molar-refractivity contribution >= 4 is 5.69 Å². The predicted molar refractivity (Wildman–Crippen MR) is 58.1 cm³/mol. The maximum Gasteiger partial charge on any atom is 0.0564 e. The van der Waals surface area contributed by atoms with Gasteiger partial charge in [0.1, 0.15) is 0 Å². The van der Waals surface area contributed by atoms with E-state index in [9.17, 15) is 0 Å². The maximum atomic E-state index is 8.83. The molecular formula is C10H17N3O2. The molecule has 0 aliphatic rings. The number of aliphatic hydroxyl groups excluding tert-OH is 2. The fraction of sp³-hybridized carbons (Fsp3) is 0.500. The number of nitrogens with zero attached hydrogens (tertiary/aromatic N) is 2. The number of rotatable bonds is 6. The largest absolute Gasteiger partial charge is 0.399 e. The van der Waals surface area contributed by atoms with Crippen molar-refractivity contribution in [1.82, 2.24) is 9.88 Å². The lowest BCUT2D eigenvalue weighted by Gasteiger charge is -2.19. The van der Waals surface area contributed by atoms with Crippen molar-refractivity contribution in [1.29, 1.82) is 0 Å². The summed E-state index contributed by atoms with van der Waals surface area (Å²) < 4.78 is 0. The van der Waals surface area contributed by atoms with E-state index in [0.717, 1.165) is 5.69 Å². The van der Waals surface area contributed by atoms with Gasteiger partial charge in [0, 0.05) is 31.5 Å². The van der Waals surface area contributed by atoms with Crippen molar-refractivity contribution in [2.24, 2.45) is 0 Å². The van der Waals surface area contributed by atoms with Gasteiger partial charge in [0.15, 0.2) is 0 Å². The van der Waals surface area contributed by atoms with Gasteiger partial charge in [-0.15, -0.1) is 0 Å². The van der Waals surface area contributed by atoms with Crippen LogP contribution in [0.4, 0.5) is 5.69 Å². The number of pyridine rings is 1. The molecule has 0 spiro atoms. The summed E-state index contributed by atoms with van der Waals surface area (Å²) in [5, 5.41) is 17.7. The monoisotopic (exact) mass is 211 g/mol. The number of nitrogen functional groups attached to an aromatic ring is 1. The molecule has 84 valence electrons. The fourth-order valence-electron chi connectivity index (χ4n) is 1.37. The van der Waals surface area contributed by atoms with Crippen LogP contribution >= 0.6 is 0 Å². The molecule has 0 unspecified atom stereocenters. The average molecular weight is 211 g/mol. The van der Waals surface area contributed by atoms with Crippen molar-refractivity contribution < 1.29 is 10.2 Å². The molecule has 0 atom stereocenters. The predicted octanol–water partition coefficient (Wildman–Crippen LogP) is -0.550. The van der Waals surface area contributed by atoms with Crippen LogP contribution in [0, 0.1) is 0 Å². The topological polar surface area (TPSA) is 82.6 Å². The Balaban J connectivity index is 2.56. The van der Waals surface area contributed by atoms with E-state index in [0.29, 0.717) is 25.3 Å². The molecule has 1 heterocycles. The Morgan fingerprint density at radius 3 is 2.47 bits per heavy atom.